The predicted octanol–water partition coefficient (Wildman–Crippen LogP) is 1.78. The highest BCUT2D eigenvalue weighted by atomic mass is 16.4. The number of benzene rings is 1. The van der Waals surface area contributed by atoms with Gasteiger partial charge in [0.05, 0.1) is 0 Å². The van der Waals surface area contributed by atoms with E-state index in [0.29, 0.717) is 11.8 Å². The number of carbonyl (C=O) groups is 1. The maximum atomic E-state index is 12.8. The second-order valence-electron chi connectivity index (χ2n) is 6.06. The van der Waals surface area contributed by atoms with Crippen molar-refractivity contribution in [2.75, 3.05) is 13.1 Å². The first kappa shape index (κ1) is 13.9. The normalized spacial score (nSPS) is 26.7. The minimum Gasteiger partial charge on any atom is -0.409 e. The number of carbonyl (C=O) groups excluding carboxylic acids is 1. The van der Waals surface area contributed by atoms with E-state index in [2.05, 4.69) is 5.16 Å². The second-order valence-corrected chi connectivity index (χ2v) is 6.06. The van der Waals surface area contributed by atoms with Gasteiger partial charge in [0.15, 0.2) is 5.84 Å². The summed E-state index contributed by atoms with van der Waals surface area (Å²) in [4.78, 5) is 14.7. The molecule has 2 aliphatic rings. The minimum atomic E-state index is -0.685. The summed E-state index contributed by atoms with van der Waals surface area (Å²) in [6.45, 7) is 1.62. The molecule has 21 heavy (non-hydrogen) atoms. The van der Waals surface area contributed by atoms with E-state index >= 15 is 0 Å². The lowest BCUT2D eigenvalue weighted by molar-refractivity contribution is -0.130. The molecule has 3 unspecified atom stereocenters. The first-order valence-electron chi connectivity index (χ1n) is 7.52. The Bertz CT molecular complexity index is 532. The smallest absolute Gasteiger partial charge is 0.237 e. The van der Waals surface area contributed by atoms with Gasteiger partial charge in [-0.3, -0.25) is 4.79 Å². The molecule has 3 atom stereocenters. The van der Waals surface area contributed by atoms with E-state index in [9.17, 15) is 4.79 Å². The van der Waals surface area contributed by atoms with Crippen LogP contribution in [0.15, 0.2) is 35.5 Å². The monoisotopic (exact) mass is 287 g/mol. The van der Waals surface area contributed by atoms with E-state index in [-0.39, 0.29) is 11.7 Å². The summed E-state index contributed by atoms with van der Waals surface area (Å²) < 4.78 is 0. The maximum Gasteiger partial charge on any atom is 0.237 e. The molecule has 1 saturated heterocycles. The lowest BCUT2D eigenvalue weighted by Gasteiger charge is -2.23. The van der Waals surface area contributed by atoms with Crippen LogP contribution in [0, 0.1) is 11.8 Å². The fourth-order valence-electron chi connectivity index (χ4n) is 3.74. The molecule has 1 amide bonds. The molecule has 0 aromatic heterocycles. The maximum absolute atomic E-state index is 12.8. The summed E-state index contributed by atoms with van der Waals surface area (Å²) in [6.07, 6.45) is 3.71. The SMILES string of the molecule is N/C(=N/O)C(C(=O)N1CC2CCCC2C1)c1ccccc1. The van der Waals surface area contributed by atoms with Crippen LogP contribution < -0.4 is 5.73 Å². The molecule has 3 N–H and O–H groups in total. The van der Waals surface area contributed by atoms with Gasteiger partial charge in [-0.15, -0.1) is 0 Å². The molecule has 5 heteroatoms. The van der Waals surface area contributed by atoms with Gasteiger partial charge in [0.1, 0.15) is 5.92 Å². The van der Waals surface area contributed by atoms with Gasteiger partial charge in [-0.05, 0) is 30.2 Å². The summed E-state index contributed by atoms with van der Waals surface area (Å²) in [5.74, 6) is 0.500. The Balaban J connectivity index is 1.82. The number of oxime groups is 1. The van der Waals surface area contributed by atoms with Crippen LogP contribution in [0.25, 0.3) is 0 Å². The number of nitrogens with two attached hydrogens (primary N) is 1. The van der Waals surface area contributed by atoms with E-state index in [0.717, 1.165) is 18.7 Å². The number of hydrogen-bond acceptors (Lipinski definition) is 3. The molecule has 0 spiro atoms. The van der Waals surface area contributed by atoms with E-state index in [4.69, 9.17) is 10.9 Å². The van der Waals surface area contributed by atoms with Crippen molar-refractivity contribution in [3.63, 3.8) is 0 Å². The van der Waals surface area contributed by atoms with E-state index in [1.807, 2.05) is 35.2 Å². The van der Waals surface area contributed by atoms with Crippen molar-refractivity contribution in [2.24, 2.45) is 22.7 Å². The molecule has 1 aromatic carbocycles. The topological polar surface area (TPSA) is 78.9 Å². The molecule has 1 aromatic rings. The molecular weight excluding hydrogens is 266 g/mol. The summed E-state index contributed by atoms with van der Waals surface area (Å²) in [7, 11) is 0. The molecule has 112 valence electrons. The van der Waals surface area contributed by atoms with Crippen molar-refractivity contribution in [1.82, 2.24) is 4.90 Å². The molecule has 0 bridgehead atoms. The quantitative estimate of drug-likeness (QED) is 0.385. The lowest BCUT2D eigenvalue weighted by atomic mass is 9.96. The summed E-state index contributed by atoms with van der Waals surface area (Å²) in [5.41, 5.74) is 6.56. The van der Waals surface area contributed by atoms with Gasteiger partial charge in [0.25, 0.3) is 0 Å². The number of hydrogen-bond donors (Lipinski definition) is 2. The molecule has 1 aliphatic heterocycles. The first-order chi connectivity index (χ1) is 10.2. The highest BCUT2D eigenvalue weighted by molar-refractivity contribution is 6.07. The number of amides is 1. The van der Waals surface area contributed by atoms with Crippen LogP contribution in [-0.4, -0.2) is 34.9 Å². The Labute approximate surface area is 124 Å². The Hall–Kier alpha value is -2.04. The van der Waals surface area contributed by atoms with Crippen molar-refractivity contribution in [2.45, 2.75) is 25.2 Å². The number of nitrogens with zero attached hydrogens (tertiary/aromatic N) is 2. The van der Waals surface area contributed by atoms with Crippen molar-refractivity contribution >= 4 is 11.7 Å². The molecule has 1 aliphatic carbocycles. The van der Waals surface area contributed by atoms with Crippen molar-refractivity contribution in [1.29, 1.82) is 0 Å². The average molecular weight is 287 g/mol. The number of amidine groups is 1. The van der Waals surface area contributed by atoms with E-state index in [1.165, 1.54) is 19.3 Å². The van der Waals surface area contributed by atoms with Gasteiger partial charge in [-0.1, -0.05) is 41.9 Å². The van der Waals surface area contributed by atoms with Crippen LogP contribution in [0.2, 0.25) is 0 Å². The Morgan fingerprint density at radius 3 is 2.43 bits per heavy atom. The molecule has 0 radical (unpaired) electrons. The van der Waals surface area contributed by atoms with Gasteiger partial charge < -0.3 is 15.8 Å². The lowest BCUT2D eigenvalue weighted by Crippen LogP contribution is -2.39. The summed E-state index contributed by atoms with van der Waals surface area (Å²) in [6, 6.07) is 9.30. The van der Waals surface area contributed by atoms with Crippen LogP contribution in [0.3, 0.4) is 0 Å². The zero-order valence-corrected chi connectivity index (χ0v) is 12.0. The van der Waals surface area contributed by atoms with Gasteiger partial charge in [-0.2, -0.15) is 0 Å². The Morgan fingerprint density at radius 1 is 1.24 bits per heavy atom. The van der Waals surface area contributed by atoms with Gasteiger partial charge in [0.2, 0.25) is 5.91 Å². The highest BCUT2D eigenvalue weighted by Gasteiger charge is 2.40. The standard InChI is InChI=1S/C16H21N3O2/c17-15(18-21)14(11-5-2-1-3-6-11)16(20)19-9-12-7-4-8-13(12)10-19/h1-3,5-6,12-14,21H,4,7-10H2,(H2,17,18). The van der Waals surface area contributed by atoms with Crippen LogP contribution in [-0.2, 0) is 4.79 Å². The van der Waals surface area contributed by atoms with E-state index < -0.39 is 5.92 Å². The van der Waals surface area contributed by atoms with Gasteiger partial charge in [-0.25, -0.2) is 0 Å². The van der Waals surface area contributed by atoms with Crippen LogP contribution in [0.5, 0.6) is 0 Å². The van der Waals surface area contributed by atoms with Gasteiger partial charge >= 0.3 is 0 Å². The van der Waals surface area contributed by atoms with Crippen molar-refractivity contribution < 1.29 is 10.0 Å². The fraction of sp³-hybridized carbons (Fsp3) is 0.500. The zero-order valence-electron chi connectivity index (χ0n) is 12.0. The van der Waals surface area contributed by atoms with Crippen LogP contribution >= 0.6 is 0 Å². The van der Waals surface area contributed by atoms with Crippen LogP contribution in [0.1, 0.15) is 30.7 Å². The molecular formula is C16H21N3O2. The third-order valence-electron chi connectivity index (χ3n) is 4.83. The summed E-state index contributed by atoms with van der Waals surface area (Å²) >= 11 is 0. The molecule has 3 rings (SSSR count). The van der Waals surface area contributed by atoms with Crippen molar-refractivity contribution in [3.8, 4) is 0 Å². The fourth-order valence-corrected chi connectivity index (χ4v) is 3.74. The molecule has 1 heterocycles. The predicted molar refractivity (Wildman–Crippen MR) is 80.0 cm³/mol. The van der Waals surface area contributed by atoms with Crippen LogP contribution in [0.4, 0.5) is 0 Å². The number of likely N-dealkylation sites (tertiary alicyclic amines) is 1. The number of fused-ring (bicyclic) bond motifs is 1. The van der Waals surface area contributed by atoms with Crippen molar-refractivity contribution in [3.05, 3.63) is 35.9 Å². The second kappa shape index (κ2) is 5.76. The third kappa shape index (κ3) is 2.60. The largest absolute Gasteiger partial charge is 0.409 e. The van der Waals surface area contributed by atoms with E-state index in [1.54, 1.807) is 0 Å². The Morgan fingerprint density at radius 2 is 1.86 bits per heavy atom. The highest BCUT2D eigenvalue weighted by Crippen LogP contribution is 2.38. The third-order valence-corrected chi connectivity index (χ3v) is 4.83. The number of rotatable bonds is 3. The Kier molecular flexibility index (Phi) is 3.82. The summed E-state index contributed by atoms with van der Waals surface area (Å²) in [5, 5.41) is 12.1. The molecule has 1 saturated carbocycles. The molecule has 5 nitrogen and oxygen atoms in total. The average Bonchev–Trinajstić information content (AvgIpc) is 3.09. The minimum absolute atomic E-state index is 0.0386. The molecule has 2 fully saturated rings. The first-order valence-corrected chi connectivity index (χ1v) is 7.52. The van der Waals surface area contributed by atoms with Gasteiger partial charge in [0, 0.05) is 13.1 Å². The zero-order chi connectivity index (χ0) is 14.8.